The van der Waals surface area contributed by atoms with E-state index in [2.05, 4.69) is 0 Å². The molecule has 3 aromatic rings. The molecule has 0 unspecified atom stereocenters. The normalized spacial score (nSPS) is 10.9. The van der Waals surface area contributed by atoms with Crippen molar-refractivity contribution in [3.63, 3.8) is 0 Å². The molecule has 0 saturated carbocycles. The predicted octanol–water partition coefficient (Wildman–Crippen LogP) is 4.55. The Labute approximate surface area is 167 Å². The fourth-order valence-corrected chi connectivity index (χ4v) is 2.81. The van der Waals surface area contributed by atoms with Crippen LogP contribution in [0.1, 0.15) is 21.6 Å². The zero-order chi connectivity index (χ0) is 19.9. The molecule has 0 aliphatic rings. The summed E-state index contributed by atoms with van der Waals surface area (Å²) < 4.78 is 7.03. The van der Waals surface area contributed by atoms with Gasteiger partial charge in [-0.2, -0.15) is 0 Å². The Morgan fingerprint density at radius 1 is 1.07 bits per heavy atom. The van der Waals surface area contributed by atoms with Gasteiger partial charge in [-0.15, -0.1) is 0 Å². The number of carbonyl (C=O) groups is 2. The molecule has 2 aromatic carbocycles. The number of hydrogen-bond donors (Lipinski definition) is 1. The number of aromatic nitrogens is 1. The highest BCUT2D eigenvalue weighted by Crippen LogP contribution is 2.16. The Morgan fingerprint density at radius 3 is 2.61 bits per heavy atom. The van der Waals surface area contributed by atoms with Gasteiger partial charge in [-0.1, -0.05) is 35.9 Å². The number of hydrogen-bond acceptors (Lipinski definition) is 3. The van der Waals surface area contributed by atoms with E-state index in [1.807, 2.05) is 35.0 Å². The summed E-state index contributed by atoms with van der Waals surface area (Å²) in [4.78, 5) is 23.3. The van der Waals surface area contributed by atoms with Gasteiger partial charge < -0.3 is 14.4 Å². The maximum absolute atomic E-state index is 12.7. The number of carbonyl (C=O) groups excluding carboxylic acids is 1. The first-order valence-corrected chi connectivity index (χ1v) is 8.97. The minimum absolute atomic E-state index is 0.0702. The summed E-state index contributed by atoms with van der Waals surface area (Å²) in [5, 5.41) is 9.27. The second-order valence-corrected chi connectivity index (χ2v) is 6.48. The highest BCUT2D eigenvalue weighted by molar-refractivity contribution is 6.30. The van der Waals surface area contributed by atoms with Crippen LogP contribution in [0.5, 0.6) is 5.75 Å². The van der Waals surface area contributed by atoms with Crippen molar-refractivity contribution in [2.45, 2.75) is 6.54 Å². The van der Waals surface area contributed by atoms with Gasteiger partial charge in [0, 0.05) is 23.3 Å². The average molecular weight is 396 g/mol. The van der Waals surface area contributed by atoms with Crippen molar-refractivity contribution in [2.75, 3.05) is 6.61 Å². The van der Waals surface area contributed by atoms with Crippen LogP contribution in [-0.2, 0) is 11.3 Å². The molecule has 0 atom stereocenters. The minimum atomic E-state index is -1.02. The van der Waals surface area contributed by atoms with E-state index < -0.39 is 5.97 Å². The molecule has 1 aromatic heterocycles. The van der Waals surface area contributed by atoms with Gasteiger partial charge in [-0.05, 0) is 54.1 Å². The highest BCUT2D eigenvalue weighted by atomic mass is 35.5. The molecule has 6 heteroatoms. The molecule has 0 spiro atoms. The van der Waals surface area contributed by atoms with Gasteiger partial charge in [0.1, 0.15) is 5.75 Å². The second-order valence-electron chi connectivity index (χ2n) is 6.04. The van der Waals surface area contributed by atoms with Gasteiger partial charge in [-0.25, -0.2) is 4.79 Å². The second kappa shape index (κ2) is 9.06. The van der Waals surface area contributed by atoms with Crippen LogP contribution in [0.25, 0.3) is 6.08 Å². The van der Waals surface area contributed by atoms with Gasteiger partial charge in [0.2, 0.25) is 5.78 Å². The monoisotopic (exact) mass is 395 g/mol. The number of benzene rings is 2. The maximum atomic E-state index is 12.7. The molecule has 142 valence electrons. The van der Waals surface area contributed by atoms with Gasteiger partial charge in [0.15, 0.2) is 6.61 Å². The summed E-state index contributed by atoms with van der Waals surface area (Å²) in [6.07, 6.45) is 5.67. The lowest BCUT2D eigenvalue weighted by molar-refractivity contribution is -0.139. The molecule has 0 bridgehead atoms. The zero-order valence-electron chi connectivity index (χ0n) is 14.9. The minimum Gasteiger partial charge on any atom is -0.482 e. The Kier molecular flexibility index (Phi) is 6.29. The number of aliphatic carboxylic acids is 1. The standard InChI is InChI=1S/C22H18ClNO4/c23-18-10-8-17(9-11-18)22(27)20-7-3-13-24(20)12-2-5-16-4-1-6-19(14-16)28-15-21(25)26/h1-11,13-14H,12,15H2,(H,25,26). The summed E-state index contributed by atoms with van der Waals surface area (Å²) >= 11 is 5.88. The van der Waals surface area contributed by atoms with Crippen LogP contribution >= 0.6 is 11.6 Å². The summed E-state index contributed by atoms with van der Waals surface area (Å²) in [6.45, 7) is 0.134. The summed E-state index contributed by atoms with van der Waals surface area (Å²) in [7, 11) is 0. The maximum Gasteiger partial charge on any atom is 0.341 e. The first-order valence-electron chi connectivity index (χ1n) is 8.59. The van der Waals surface area contributed by atoms with Crippen molar-refractivity contribution in [3.05, 3.63) is 94.8 Å². The van der Waals surface area contributed by atoms with E-state index in [1.165, 1.54) is 0 Å². The molecule has 1 N–H and O–H groups in total. The van der Waals surface area contributed by atoms with E-state index in [4.69, 9.17) is 21.4 Å². The van der Waals surface area contributed by atoms with E-state index in [0.29, 0.717) is 28.6 Å². The molecule has 0 fully saturated rings. The van der Waals surface area contributed by atoms with Crippen molar-refractivity contribution in [1.82, 2.24) is 4.57 Å². The smallest absolute Gasteiger partial charge is 0.341 e. The lowest BCUT2D eigenvalue weighted by Crippen LogP contribution is -2.09. The third kappa shape index (κ3) is 5.11. The van der Waals surface area contributed by atoms with Gasteiger partial charge >= 0.3 is 5.97 Å². The van der Waals surface area contributed by atoms with Crippen molar-refractivity contribution in [1.29, 1.82) is 0 Å². The molecular weight excluding hydrogens is 378 g/mol. The highest BCUT2D eigenvalue weighted by Gasteiger charge is 2.12. The van der Waals surface area contributed by atoms with Crippen LogP contribution < -0.4 is 4.74 Å². The Balaban J connectivity index is 1.68. The quantitative estimate of drug-likeness (QED) is 0.568. The van der Waals surface area contributed by atoms with Crippen molar-refractivity contribution in [2.24, 2.45) is 0 Å². The van der Waals surface area contributed by atoms with Gasteiger partial charge in [0.25, 0.3) is 0 Å². The van der Waals surface area contributed by atoms with Crippen molar-refractivity contribution in [3.8, 4) is 5.75 Å². The number of ether oxygens (including phenoxy) is 1. The topological polar surface area (TPSA) is 68.5 Å². The molecule has 0 aliphatic heterocycles. The number of carboxylic acid groups (broad SMARTS) is 1. The third-order valence-corrected chi connectivity index (χ3v) is 4.25. The van der Waals surface area contributed by atoms with Gasteiger partial charge in [0.05, 0.1) is 5.69 Å². The predicted molar refractivity (Wildman–Crippen MR) is 108 cm³/mol. The summed E-state index contributed by atoms with van der Waals surface area (Å²) in [5.74, 6) is -0.602. The Bertz CT molecular complexity index is 1010. The van der Waals surface area contributed by atoms with Crippen LogP contribution in [0.3, 0.4) is 0 Å². The zero-order valence-corrected chi connectivity index (χ0v) is 15.7. The van der Waals surface area contributed by atoms with E-state index in [-0.39, 0.29) is 12.4 Å². The van der Waals surface area contributed by atoms with E-state index in [0.717, 1.165) is 5.56 Å². The molecule has 0 saturated heterocycles. The van der Waals surface area contributed by atoms with E-state index in [1.54, 1.807) is 48.5 Å². The molecule has 0 radical (unpaired) electrons. The largest absolute Gasteiger partial charge is 0.482 e. The molecule has 0 aliphatic carbocycles. The fourth-order valence-electron chi connectivity index (χ4n) is 2.68. The Morgan fingerprint density at radius 2 is 1.86 bits per heavy atom. The molecule has 1 heterocycles. The molecule has 3 rings (SSSR count). The van der Waals surface area contributed by atoms with Crippen LogP contribution in [0, 0.1) is 0 Å². The van der Waals surface area contributed by atoms with Crippen molar-refractivity contribution < 1.29 is 19.4 Å². The number of nitrogens with zero attached hydrogens (tertiary/aromatic N) is 1. The van der Waals surface area contributed by atoms with E-state index >= 15 is 0 Å². The molecule has 5 nitrogen and oxygen atoms in total. The van der Waals surface area contributed by atoms with Gasteiger partial charge in [-0.3, -0.25) is 4.79 Å². The summed E-state index contributed by atoms with van der Waals surface area (Å²) in [5.41, 5.74) is 2.04. The van der Waals surface area contributed by atoms with Crippen LogP contribution in [0.15, 0.2) is 72.9 Å². The lowest BCUT2D eigenvalue weighted by Gasteiger charge is -2.07. The molecular formula is C22H18ClNO4. The first-order chi connectivity index (χ1) is 13.5. The number of allylic oxidation sites excluding steroid dienone is 1. The van der Waals surface area contributed by atoms with Crippen molar-refractivity contribution >= 4 is 29.4 Å². The van der Waals surface area contributed by atoms with Crippen LogP contribution in [0.4, 0.5) is 0 Å². The van der Waals surface area contributed by atoms with E-state index in [9.17, 15) is 9.59 Å². The molecule has 28 heavy (non-hydrogen) atoms. The lowest BCUT2D eigenvalue weighted by atomic mass is 10.1. The number of halogens is 1. The SMILES string of the molecule is O=C(O)COc1cccc(C=CCn2cccc2C(=O)c2ccc(Cl)cc2)c1. The van der Waals surface area contributed by atoms with Crippen LogP contribution in [0.2, 0.25) is 5.02 Å². The molecule has 0 amide bonds. The number of carboxylic acids is 1. The number of ketones is 1. The first kappa shape index (κ1) is 19.5. The van der Waals surface area contributed by atoms with Crippen LogP contribution in [-0.4, -0.2) is 28.0 Å². The average Bonchev–Trinajstić information content (AvgIpc) is 3.15. The third-order valence-electron chi connectivity index (χ3n) is 4.00. The number of rotatable bonds is 8. The summed E-state index contributed by atoms with van der Waals surface area (Å²) in [6, 6.07) is 17.6. The Hall–Kier alpha value is -3.31. The fraction of sp³-hybridized carbons (Fsp3) is 0.0909.